The van der Waals surface area contributed by atoms with Gasteiger partial charge in [-0.3, -0.25) is 0 Å². The maximum atomic E-state index is 6.06. The van der Waals surface area contributed by atoms with Gasteiger partial charge in [0, 0.05) is 17.2 Å². The molecule has 0 radical (unpaired) electrons. The summed E-state index contributed by atoms with van der Waals surface area (Å²) in [5, 5.41) is 8.02. The number of fused-ring (bicyclic) bond motifs is 1. The Morgan fingerprint density at radius 2 is 2.35 bits per heavy atom. The van der Waals surface area contributed by atoms with Crippen LogP contribution in [0.2, 0.25) is 0 Å². The molecule has 0 saturated heterocycles. The van der Waals surface area contributed by atoms with E-state index in [0.29, 0.717) is 18.4 Å². The number of rotatable bonds is 3. The van der Waals surface area contributed by atoms with Crippen LogP contribution in [0, 0.1) is 5.92 Å². The molecule has 0 aliphatic heterocycles. The molecular weight excluding hydrogens is 318 g/mol. The van der Waals surface area contributed by atoms with Gasteiger partial charge in [0.25, 0.3) is 0 Å². The van der Waals surface area contributed by atoms with E-state index >= 15 is 0 Å². The number of anilines is 1. The Hall–Kier alpha value is -1.14. The summed E-state index contributed by atoms with van der Waals surface area (Å²) < 4.78 is 2.77. The maximum Gasteiger partial charge on any atom is 0.243 e. The molecule has 1 aliphatic carbocycles. The van der Waals surface area contributed by atoms with Crippen molar-refractivity contribution in [1.82, 2.24) is 14.6 Å². The van der Waals surface area contributed by atoms with Gasteiger partial charge in [0.05, 0.1) is 5.54 Å². The molecule has 2 aromatic heterocycles. The minimum Gasteiger partial charge on any atom is -0.346 e. The fourth-order valence-corrected chi connectivity index (χ4v) is 3.41. The monoisotopic (exact) mass is 337 g/mol. The smallest absolute Gasteiger partial charge is 0.243 e. The minimum absolute atomic E-state index is 0.0690. The summed E-state index contributed by atoms with van der Waals surface area (Å²) in [6.45, 7) is 2.89. The highest BCUT2D eigenvalue weighted by Crippen LogP contribution is 2.35. The van der Waals surface area contributed by atoms with Gasteiger partial charge in [0.1, 0.15) is 0 Å². The molecule has 1 fully saturated rings. The second-order valence-electron chi connectivity index (χ2n) is 5.72. The highest BCUT2D eigenvalue weighted by molar-refractivity contribution is 9.10. The van der Waals surface area contributed by atoms with E-state index in [1.165, 1.54) is 19.3 Å². The van der Waals surface area contributed by atoms with Gasteiger partial charge >= 0.3 is 0 Å². The van der Waals surface area contributed by atoms with Crippen molar-refractivity contribution in [2.75, 3.05) is 11.9 Å². The van der Waals surface area contributed by atoms with E-state index in [4.69, 9.17) is 5.73 Å². The molecule has 0 bridgehead atoms. The number of hydrogen-bond acceptors (Lipinski definition) is 4. The van der Waals surface area contributed by atoms with Crippen molar-refractivity contribution in [2.24, 2.45) is 11.7 Å². The van der Waals surface area contributed by atoms with Crippen molar-refractivity contribution >= 4 is 27.5 Å². The van der Waals surface area contributed by atoms with E-state index in [1.54, 1.807) is 4.52 Å². The Morgan fingerprint density at radius 3 is 3.10 bits per heavy atom. The van der Waals surface area contributed by atoms with Gasteiger partial charge in [-0.2, -0.15) is 4.98 Å². The standard InChI is InChI=1S/C14H20BrN5/c1-10-4-2-3-7-14(10,9-16)18-13-17-12-6-5-11(15)8-20(12)19-13/h5-6,8,10H,2-4,7,9,16H2,1H3,(H,18,19). The van der Waals surface area contributed by atoms with Gasteiger partial charge in [0.15, 0.2) is 5.65 Å². The molecule has 0 amide bonds. The van der Waals surface area contributed by atoms with Crippen LogP contribution in [0.15, 0.2) is 22.8 Å². The van der Waals surface area contributed by atoms with E-state index in [9.17, 15) is 0 Å². The summed E-state index contributed by atoms with van der Waals surface area (Å²) in [5.74, 6) is 1.21. The Bertz CT molecular complexity index is 611. The molecule has 3 N–H and O–H groups in total. The number of nitrogens with one attached hydrogen (secondary N) is 1. The predicted molar refractivity (Wildman–Crippen MR) is 83.7 cm³/mol. The number of pyridine rings is 1. The number of hydrogen-bond donors (Lipinski definition) is 2. The van der Waals surface area contributed by atoms with Crippen molar-refractivity contribution in [3.63, 3.8) is 0 Å². The molecule has 2 aromatic rings. The van der Waals surface area contributed by atoms with Crippen molar-refractivity contribution in [2.45, 2.75) is 38.1 Å². The zero-order chi connectivity index (χ0) is 14.2. The van der Waals surface area contributed by atoms with Crippen LogP contribution in [0.25, 0.3) is 5.65 Å². The van der Waals surface area contributed by atoms with Gasteiger partial charge in [-0.25, -0.2) is 4.52 Å². The second kappa shape index (κ2) is 5.33. The fraction of sp³-hybridized carbons (Fsp3) is 0.571. The van der Waals surface area contributed by atoms with Crippen molar-refractivity contribution < 1.29 is 0 Å². The molecule has 5 nitrogen and oxygen atoms in total. The number of nitrogens with two attached hydrogens (primary N) is 1. The molecule has 3 rings (SSSR count). The molecule has 1 aliphatic rings. The third-order valence-electron chi connectivity index (χ3n) is 4.47. The fourth-order valence-electron chi connectivity index (χ4n) is 3.09. The maximum absolute atomic E-state index is 6.06. The Morgan fingerprint density at radius 1 is 1.50 bits per heavy atom. The Balaban J connectivity index is 1.90. The topological polar surface area (TPSA) is 68.2 Å². The largest absolute Gasteiger partial charge is 0.346 e. The third kappa shape index (κ3) is 2.42. The summed E-state index contributed by atoms with van der Waals surface area (Å²) in [5.41, 5.74) is 6.83. The van der Waals surface area contributed by atoms with E-state index < -0.39 is 0 Å². The predicted octanol–water partition coefficient (Wildman–Crippen LogP) is 2.81. The summed E-state index contributed by atoms with van der Waals surface area (Å²) in [4.78, 5) is 4.54. The minimum atomic E-state index is -0.0690. The van der Waals surface area contributed by atoms with Crippen LogP contribution < -0.4 is 11.1 Å². The lowest BCUT2D eigenvalue weighted by molar-refractivity contribution is 0.234. The average molecular weight is 338 g/mol. The molecule has 1 saturated carbocycles. The molecule has 0 spiro atoms. The van der Waals surface area contributed by atoms with Crippen LogP contribution in [-0.2, 0) is 0 Å². The number of halogens is 1. The SMILES string of the molecule is CC1CCCCC1(CN)Nc1nc2ccc(Br)cn2n1. The first-order valence-electron chi connectivity index (χ1n) is 7.13. The highest BCUT2D eigenvalue weighted by atomic mass is 79.9. The average Bonchev–Trinajstić information content (AvgIpc) is 2.82. The van der Waals surface area contributed by atoms with Crippen molar-refractivity contribution in [1.29, 1.82) is 0 Å². The van der Waals surface area contributed by atoms with Gasteiger partial charge in [-0.05, 0) is 46.8 Å². The number of aromatic nitrogens is 3. The first-order chi connectivity index (χ1) is 9.63. The summed E-state index contributed by atoms with van der Waals surface area (Å²) in [6, 6.07) is 3.91. The zero-order valence-electron chi connectivity index (χ0n) is 11.6. The first-order valence-corrected chi connectivity index (χ1v) is 7.92. The first kappa shape index (κ1) is 13.8. The van der Waals surface area contributed by atoms with Crippen molar-refractivity contribution in [3.8, 4) is 0 Å². The van der Waals surface area contributed by atoms with Gasteiger partial charge < -0.3 is 11.1 Å². The Kier molecular flexibility index (Phi) is 3.69. The summed E-state index contributed by atoms with van der Waals surface area (Å²) in [6.07, 6.45) is 6.71. The molecule has 2 heterocycles. The Labute approximate surface area is 127 Å². The lowest BCUT2D eigenvalue weighted by Gasteiger charge is -2.42. The summed E-state index contributed by atoms with van der Waals surface area (Å²) in [7, 11) is 0. The third-order valence-corrected chi connectivity index (χ3v) is 4.94. The van der Waals surface area contributed by atoms with Crippen molar-refractivity contribution in [3.05, 3.63) is 22.8 Å². The lowest BCUT2D eigenvalue weighted by atomic mass is 9.73. The highest BCUT2D eigenvalue weighted by Gasteiger charge is 2.37. The molecule has 2 unspecified atom stereocenters. The van der Waals surface area contributed by atoms with Crippen LogP contribution >= 0.6 is 15.9 Å². The summed E-state index contributed by atoms with van der Waals surface area (Å²) >= 11 is 3.44. The molecule has 6 heteroatoms. The van der Waals surface area contributed by atoms with Crippen LogP contribution in [0.4, 0.5) is 5.95 Å². The molecule has 0 aromatic carbocycles. The van der Waals surface area contributed by atoms with E-state index in [2.05, 4.69) is 38.3 Å². The van der Waals surface area contributed by atoms with Gasteiger partial charge in [0.2, 0.25) is 5.95 Å². The van der Waals surface area contributed by atoms with E-state index in [-0.39, 0.29) is 5.54 Å². The normalized spacial score (nSPS) is 26.9. The lowest BCUT2D eigenvalue weighted by Crippen LogP contribution is -2.52. The molecular formula is C14H20BrN5. The van der Waals surface area contributed by atoms with Gasteiger partial charge in [-0.15, -0.1) is 5.10 Å². The zero-order valence-corrected chi connectivity index (χ0v) is 13.2. The quantitative estimate of drug-likeness (QED) is 0.903. The number of nitrogens with zero attached hydrogens (tertiary/aromatic N) is 3. The second-order valence-corrected chi connectivity index (χ2v) is 6.63. The van der Waals surface area contributed by atoms with Crippen LogP contribution in [0.3, 0.4) is 0 Å². The van der Waals surface area contributed by atoms with Crippen LogP contribution in [0.1, 0.15) is 32.6 Å². The molecule has 20 heavy (non-hydrogen) atoms. The van der Waals surface area contributed by atoms with E-state index in [1.807, 2.05) is 18.3 Å². The van der Waals surface area contributed by atoms with Gasteiger partial charge in [-0.1, -0.05) is 19.8 Å². The molecule has 108 valence electrons. The van der Waals surface area contributed by atoms with Crippen LogP contribution in [0.5, 0.6) is 0 Å². The van der Waals surface area contributed by atoms with Crippen LogP contribution in [-0.4, -0.2) is 26.7 Å². The van der Waals surface area contributed by atoms with E-state index in [0.717, 1.165) is 16.5 Å². The molecule has 2 atom stereocenters.